The molecule has 27 heavy (non-hydrogen) atoms. The van der Waals surface area contributed by atoms with Crippen molar-refractivity contribution in [1.29, 1.82) is 0 Å². The summed E-state index contributed by atoms with van der Waals surface area (Å²) in [6, 6.07) is 5.86. The Hall–Kier alpha value is -2.08. The second kappa shape index (κ2) is 10.3. The van der Waals surface area contributed by atoms with Crippen molar-refractivity contribution >= 4 is 11.9 Å². The molecule has 0 N–H and O–H groups in total. The van der Waals surface area contributed by atoms with Crippen molar-refractivity contribution in [2.75, 3.05) is 40.3 Å². The fraction of sp³-hybridized carbons (Fsp3) is 0.619. The number of aryl methyl sites for hydroxylation is 1. The number of hydrogen-bond acceptors (Lipinski definition) is 5. The molecular weight excluding hydrogens is 344 g/mol. The van der Waals surface area contributed by atoms with E-state index in [0.717, 1.165) is 16.9 Å². The number of benzene rings is 1. The average molecular weight is 379 g/mol. The zero-order valence-electron chi connectivity index (χ0n) is 17.8. The summed E-state index contributed by atoms with van der Waals surface area (Å²) in [5, 5.41) is 0. The monoisotopic (exact) mass is 378 g/mol. The molecule has 0 atom stereocenters. The molecule has 6 nitrogen and oxygen atoms in total. The van der Waals surface area contributed by atoms with Crippen LogP contribution in [0.4, 0.5) is 0 Å². The summed E-state index contributed by atoms with van der Waals surface area (Å²) in [6.45, 7) is 10.8. The maximum absolute atomic E-state index is 12.6. The highest BCUT2D eigenvalue weighted by Crippen LogP contribution is 2.20. The summed E-state index contributed by atoms with van der Waals surface area (Å²) in [4.78, 5) is 28.3. The molecular formula is C21H34N2O4. The molecule has 0 aliphatic rings. The first kappa shape index (κ1) is 23.0. The lowest BCUT2D eigenvalue weighted by atomic mass is 10.1. The van der Waals surface area contributed by atoms with Crippen LogP contribution in [0.3, 0.4) is 0 Å². The van der Waals surface area contributed by atoms with Crippen LogP contribution < -0.4 is 4.74 Å². The molecule has 1 amide bonds. The Morgan fingerprint density at radius 3 is 2.33 bits per heavy atom. The Balaban J connectivity index is 2.64. The van der Waals surface area contributed by atoms with E-state index in [1.807, 2.05) is 71.8 Å². The van der Waals surface area contributed by atoms with Gasteiger partial charge < -0.3 is 19.3 Å². The highest BCUT2D eigenvalue weighted by atomic mass is 16.6. The molecule has 0 saturated heterocycles. The SMILES string of the molecule is Cc1cccc(OCCC(=O)N(CCN(C)C)CC(=O)OC(C)(C)C)c1C. The van der Waals surface area contributed by atoms with E-state index in [9.17, 15) is 9.59 Å². The summed E-state index contributed by atoms with van der Waals surface area (Å²) >= 11 is 0. The first-order valence-electron chi connectivity index (χ1n) is 9.33. The van der Waals surface area contributed by atoms with Gasteiger partial charge in [0.15, 0.2) is 0 Å². The minimum atomic E-state index is -0.570. The van der Waals surface area contributed by atoms with Gasteiger partial charge in [-0.25, -0.2) is 0 Å². The van der Waals surface area contributed by atoms with Gasteiger partial charge in [-0.3, -0.25) is 9.59 Å². The van der Waals surface area contributed by atoms with Crippen molar-refractivity contribution in [3.8, 4) is 5.75 Å². The summed E-state index contributed by atoms with van der Waals surface area (Å²) < 4.78 is 11.1. The lowest BCUT2D eigenvalue weighted by molar-refractivity contribution is -0.159. The maximum atomic E-state index is 12.6. The largest absolute Gasteiger partial charge is 0.493 e. The molecule has 0 radical (unpaired) electrons. The molecule has 6 heteroatoms. The first-order chi connectivity index (χ1) is 12.5. The Morgan fingerprint density at radius 2 is 1.74 bits per heavy atom. The summed E-state index contributed by atoms with van der Waals surface area (Å²) in [7, 11) is 3.86. The van der Waals surface area contributed by atoms with Crippen molar-refractivity contribution in [1.82, 2.24) is 9.80 Å². The Bertz CT molecular complexity index is 636. The number of ether oxygens (including phenoxy) is 2. The van der Waals surface area contributed by atoms with Gasteiger partial charge in [0.25, 0.3) is 0 Å². The van der Waals surface area contributed by atoms with Crippen LogP contribution in [0.2, 0.25) is 0 Å². The molecule has 152 valence electrons. The van der Waals surface area contributed by atoms with Gasteiger partial charge in [-0.1, -0.05) is 12.1 Å². The van der Waals surface area contributed by atoms with Gasteiger partial charge in [0.1, 0.15) is 17.9 Å². The quantitative estimate of drug-likeness (QED) is 0.619. The van der Waals surface area contributed by atoms with Crippen molar-refractivity contribution in [3.63, 3.8) is 0 Å². The average Bonchev–Trinajstić information content (AvgIpc) is 2.53. The van der Waals surface area contributed by atoms with Crippen LogP contribution in [0.25, 0.3) is 0 Å². The van der Waals surface area contributed by atoms with E-state index in [1.165, 1.54) is 0 Å². The number of rotatable bonds is 9. The minimum Gasteiger partial charge on any atom is -0.493 e. The molecule has 1 aromatic carbocycles. The lowest BCUT2D eigenvalue weighted by Crippen LogP contribution is -2.42. The number of hydrogen-bond donors (Lipinski definition) is 0. The predicted octanol–water partition coefficient (Wildman–Crippen LogP) is 2.80. The number of carbonyl (C=O) groups excluding carboxylic acids is 2. The molecule has 0 fully saturated rings. The molecule has 0 spiro atoms. The van der Waals surface area contributed by atoms with Crippen molar-refractivity contribution in [2.24, 2.45) is 0 Å². The van der Waals surface area contributed by atoms with Crippen LogP contribution in [0.5, 0.6) is 5.75 Å². The Labute approximate surface area is 163 Å². The van der Waals surface area contributed by atoms with Crippen LogP contribution in [0.1, 0.15) is 38.3 Å². The van der Waals surface area contributed by atoms with Crippen LogP contribution in [0.15, 0.2) is 18.2 Å². The third kappa shape index (κ3) is 8.91. The Kier molecular flexibility index (Phi) is 8.76. The summed E-state index contributed by atoms with van der Waals surface area (Å²) in [6.07, 6.45) is 0.212. The van der Waals surface area contributed by atoms with Crippen LogP contribution in [-0.4, -0.2) is 67.6 Å². The molecule has 0 aliphatic heterocycles. The number of nitrogens with zero attached hydrogens (tertiary/aromatic N) is 2. The van der Waals surface area contributed by atoms with Crippen molar-refractivity contribution in [3.05, 3.63) is 29.3 Å². The van der Waals surface area contributed by atoms with E-state index in [1.54, 1.807) is 4.90 Å². The highest BCUT2D eigenvalue weighted by Gasteiger charge is 2.22. The smallest absolute Gasteiger partial charge is 0.326 e. The molecule has 0 bridgehead atoms. The van der Waals surface area contributed by atoms with E-state index >= 15 is 0 Å². The third-order valence-corrected chi connectivity index (χ3v) is 4.04. The number of amides is 1. The van der Waals surface area contributed by atoms with E-state index in [2.05, 4.69) is 0 Å². The predicted molar refractivity (Wildman–Crippen MR) is 107 cm³/mol. The highest BCUT2D eigenvalue weighted by molar-refractivity contribution is 5.82. The van der Waals surface area contributed by atoms with Crippen LogP contribution in [-0.2, 0) is 14.3 Å². The number of likely N-dealkylation sites (N-methyl/N-ethyl adjacent to an activating group) is 1. The molecule has 0 aliphatic carbocycles. The maximum Gasteiger partial charge on any atom is 0.326 e. The van der Waals surface area contributed by atoms with E-state index in [0.29, 0.717) is 13.1 Å². The molecule has 0 saturated carbocycles. The zero-order chi connectivity index (χ0) is 20.6. The van der Waals surface area contributed by atoms with Gasteiger partial charge >= 0.3 is 5.97 Å². The topological polar surface area (TPSA) is 59.1 Å². The molecule has 0 aromatic heterocycles. The summed E-state index contributed by atoms with van der Waals surface area (Å²) in [5.41, 5.74) is 1.65. The fourth-order valence-corrected chi connectivity index (χ4v) is 2.43. The Morgan fingerprint density at radius 1 is 1.07 bits per heavy atom. The van der Waals surface area contributed by atoms with Gasteiger partial charge in [-0.15, -0.1) is 0 Å². The van der Waals surface area contributed by atoms with Crippen LogP contribution >= 0.6 is 0 Å². The van der Waals surface area contributed by atoms with Gasteiger partial charge in [0.2, 0.25) is 5.91 Å². The van der Waals surface area contributed by atoms with Gasteiger partial charge in [0.05, 0.1) is 13.0 Å². The van der Waals surface area contributed by atoms with Crippen molar-refractivity contribution < 1.29 is 19.1 Å². The van der Waals surface area contributed by atoms with E-state index < -0.39 is 11.6 Å². The van der Waals surface area contributed by atoms with Crippen molar-refractivity contribution in [2.45, 2.75) is 46.6 Å². The molecule has 0 heterocycles. The second-order valence-corrected chi connectivity index (χ2v) is 8.00. The third-order valence-electron chi connectivity index (χ3n) is 4.04. The van der Waals surface area contributed by atoms with Gasteiger partial charge in [-0.2, -0.15) is 0 Å². The molecule has 0 unspecified atom stereocenters. The van der Waals surface area contributed by atoms with Gasteiger partial charge in [0, 0.05) is 13.1 Å². The number of esters is 1. The standard InChI is InChI=1S/C21H34N2O4/c1-16-9-8-10-18(17(16)2)26-14-11-19(24)23(13-12-22(6)7)15-20(25)27-21(3,4)5/h8-10H,11-15H2,1-7H3. The van der Waals surface area contributed by atoms with E-state index in [-0.39, 0.29) is 25.5 Å². The first-order valence-corrected chi connectivity index (χ1v) is 9.33. The van der Waals surface area contributed by atoms with E-state index in [4.69, 9.17) is 9.47 Å². The normalized spacial score (nSPS) is 11.4. The second-order valence-electron chi connectivity index (χ2n) is 8.00. The zero-order valence-corrected chi connectivity index (χ0v) is 17.8. The minimum absolute atomic E-state index is 0.0482. The van der Waals surface area contributed by atoms with Crippen LogP contribution in [0, 0.1) is 13.8 Å². The summed E-state index contributed by atoms with van der Waals surface area (Å²) in [5.74, 6) is 0.271. The molecule has 1 aromatic rings. The molecule has 1 rings (SSSR count). The number of carbonyl (C=O) groups is 2. The lowest BCUT2D eigenvalue weighted by Gasteiger charge is -2.26. The fourth-order valence-electron chi connectivity index (χ4n) is 2.43. The van der Waals surface area contributed by atoms with Gasteiger partial charge in [-0.05, 0) is 65.9 Å².